The van der Waals surface area contributed by atoms with Crippen LogP contribution in [-0.4, -0.2) is 34.1 Å². The number of hydrogen-bond donors (Lipinski definition) is 0. The van der Waals surface area contributed by atoms with E-state index in [1.807, 2.05) is 26.0 Å². The average molecular weight is 658 g/mol. The number of nitrogens with zero attached hydrogens (tertiary/aromatic N) is 1. The van der Waals surface area contributed by atoms with E-state index in [0.29, 0.717) is 30.3 Å². The molecule has 4 rings (SSSR count). The highest BCUT2D eigenvalue weighted by Crippen LogP contribution is 2.42. The van der Waals surface area contributed by atoms with Crippen molar-refractivity contribution in [2.24, 2.45) is 17.8 Å². The number of hydrogen-bond acceptors (Lipinski definition) is 3. The molecule has 2 atom stereocenters. The summed E-state index contributed by atoms with van der Waals surface area (Å²) in [5.74, 6) is 1.66. The predicted octanol–water partition coefficient (Wildman–Crippen LogP) is 8.87. The summed E-state index contributed by atoms with van der Waals surface area (Å²) in [5.41, 5.74) is 3.12. The molecule has 248 valence electrons. The van der Waals surface area contributed by atoms with Crippen LogP contribution in [0.2, 0.25) is 5.04 Å². The normalized spacial score (nSPS) is 17.5. The fourth-order valence-corrected chi connectivity index (χ4v) is 12.7. The van der Waals surface area contributed by atoms with Crippen molar-refractivity contribution in [1.29, 1.82) is 0 Å². The van der Waals surface area contributed by atoms with Crippen molar-refractivity contribution in [3.8, 4) is 0 Å². The zero-order valence-electron chi connectivity index (χ0n) is 29.3. The molecule has 0 saturated carbocycles. The predicted molar refractivity (Wildman–Crippen MR) is 196 cm³/mol. The van der Waals surface area contributed by atoms with Crippen LogP contribution >= 0.6 is 0 Å². The Balaban J connectivity index is 1.95. The molecule has 0 fully saturated rings. The van der Waals surface area contributed by atoms with E-state index in [-0.39, 0.29) is 16.9 Å². The van der Waals surface area contributed by atoms with Gasteiger partial charge in [0.1, 0.15) is 0 Å². The van der Waals surface area contributed by atoms with Gasteiger partial charge in [0, 0.05) is 25.4 Å². The largest absolute Gasteiger partial charge is 0.537 e. The summed E-state index contributed by atoms with van der Waals surface area (Å²) in [5, 5.41) is 2.22. The molecule has 0 amide bonds. The van der Waals surface area contributed by atoms with Crippen molar-refractivity contribution < 1.29 is 12.8 Å². The maximum atomic E-state index is 14.3. The summed E-state index contributed by atoms with van der Waals surface area (Å²) in [6.07, 6.45) is 3.84. The molecule has 0 saturated heterocycles. The van der Waals surface area contributed by atoms with Gasteiger partial charge in [-0.15, -0.1) is 0 Å². The molecule has 0 radical (unpaired) electrons. The molecular weight excluding hydrogens is 603 g/mol. The molecule has 3 aromatic rings. The number of sulfonamides is 1. The van der Waals surface area contributed by atoms with Gasteiger partial charge in [0.15, 0.2) is 0 Å². The van der Waals surface area contributed by atoms with E-state index in [9.17, 15) is 8.42 Å². The maximum absolute atomic E-state index is 14.3. The van der Waals surface area contributed by atoms with E-state index in [1.165, 1.54) is 10.4 Å². The van der Waals surface area contributed by atoms with Gasteiger partial charge in [-0.25, -0.2) is 8.42 Å². The first-order valence-corrected chi connectivity index (χ1v) is 20.3. The van der Waals surface area contributed by atoms with Crippen molar-refractivity contribution in [2.45, 2.75) is 91.0 Å². The highest BCUT2D eigenvalue weighted by atomic mass is 32.2. The Kier molecular flexibility index (Phi) is 11.6. The van der Waals surface area contributed by atoms with Crippen LogP contribution in [0.4, 0.5) is 0 Å². The minimum Gasteiger partial charge on any atom is -0.537 e. The minimum absolute atomic E-state index is 0.0752. The second kappa shape index (κ2) is 14.9. The molecule has 0 N–H and O–H groups in total. The van der Waals surface area contributed by atoms with Crippen molar-refractivity contribution in [1.82, 2.24) is 4.31 Å². The molecule has 3 aromatic carbocycles. The third kappa shape index (κ3) is 7.95. The smallest absolute Gasteiger partial charge is 0.319 e. The third-order valence-electron chi connectivity index (χ3n) is 9.62. The Bertz CT molecular complexity index is 1550. The van der Waals surface area contributed by atoms with Crippen LogP contribution < -0.4 is 10.4 Å². The van der Waals surface area contributed by atoms with Gasteiger partial charge in [-0.3, -0.25) is 0 Å². The molecule has 0 bridgehead atoms. The lowest BCUT2D eigenvalue weighted by Gasteiger charge is -2.44. The zero-order chi connectivity index (χ0) is 33.7. The Labute approximate surface area is 280 Å². The van der Waals surface area contributed by atoms with E-state index in [0.717, 1.165) is 41.7 Å². The van der Waals surface area contributed by atoms with E-state index >= 15 is 0 Å². The van der Waals surface area contributed by atoms with Gasteiger partial charge in [-0.05, 0) is 65.2 Å². The quantitative estimate of drug-likeness (QED) is 0.144. The highest BCUT2D eigenvalue weighted by molar-refractivity contribution is 7.89. The fraction of sp³-hybridized carbons (Fsp3) is 0.450. The molecule has 1 aliphatic rings. The lowest BCUT2D eigenvalue weighted by molar-refractivity contribution is 0.345. The van der Waals surface area contributed by atoms with E-state index < -0.39 is 18.3 Å². The number of rotatable bonds is 12. The summed E-state index contributed by atoms with van der Waals surface area (Å²) >= 11 is 0. The lowest BCUT2D eigenvalue weighted by Crippen LogP contribution is -2.66. The van der Waals surface area contributed by atoms with Gasteiger partial charge < -0.3 is 4.43 Å². The molecule has 0 aromatic heterocycles. The first-order valence-electron chi connectivity index (χ1n) is 16.9. The van der Waals surface area contributed by atoms with Crippen LogP contribution in [0.25, 0.3) is 0 Å². The molecule has 0 unspecified atom stereocenters. The summed E-state index contributed by atoms with van der Waals surface area (Å²) in [4.78, 5) is 0.335. The van der Waals surface area contributed by atoms with Crippen LogP contribution in [0.1, 0.15) is 79.7 Å². The second-order valence-electron chi connectivity index (χ2n) is 14.8. The third-order valence-corrected chi connectivity index (χ3v) is 16.4. The molecule has 1 heterocycles. The van der Waals surface area contributed by atoms with E-state index in [4.69, 9.17) is 4.43 Å². The van der Waals surface area contributed by atoms with Gasteiger partial charge >= 0.3 is 8.32 Å². The first kappa shape index (κ1) is 35.9. The van der Waals surface area contributed by atoms with Gasteiger partial charge in [0.05, 0.1) is 10.7 Å². The van der Waals surface area contributed by atoms with Gasteiger partial charge in [0.2, 0.25) is 10.0 Å². The fourth-order valence-electron chi connectivity index (χ4n) is 6.76. The molecule has 6 heteroatoms. The maximum Gasteiger partial charge on any atom is 0.319 e. The Morgan fingerprint density at radius 1 is 0.913 bits per heavy atom. The first-order chi connectivity index (χ1) is 21.7. The Morgan fingerprint density at radius 3 is 1.93 bits per heavy atom. The van der Waals surface area contributed by atoms with Crippen molar-refractivity contribution in [2.75, 3.05) is 13.1 Å². The van der Waals surface area contributed by atoms with Crippen molar-refractivity contribution in [3.05, 3.63) is 114 Å². The van der Waals surface area contributed by atoms with Crippen molar-refractivity contribution >= 4 is 28.7 Å². The van der Waals surface area contributed by atoms with Crippen LogP contribution in [0.5, 0.6) is 0 Å². The van der Waals surface area contributed by atoms with Gasteiger partial charge in [0.25, 0.3) is 0 Å². The van der Waals surface area contributed by atoms with Crippen LogP contribution in [-0.2, 0) is 14.4 Å². The van der Waals surface area contributed by atoms with E-state index in [2.05, 4.69) is 109 Å². The lowest BCUT2D eigenvalue weighted by atomic mass is 9.90. The molecule has 4 nitrogen and oxygen atoms in total. The monoisotopic (exact) mass is 657 g/mol. The second-order valence-corrected chi connectivity index (χ2v) is 21.0. The summed E-state index contributed by atoms with van der Waals surface area (Å²) in [6.45, 7) is 22.8. The number of allylic oxidation sites excluding steroid dienone is 1. The summed E-state index contributed by atoms with van der Waals surface area (Å²) in [6, 6.07) is 28.7. The van der Waals surface area contributed by atoms with Crippen LogP contribution in [0.3, 0.4) is 0 Å². The van der Waals surface area contributed by atoms with Crippen LogP contribution in [0, 0.1) is 24.7 Å². The topological polar surface area (TPSA) is 46.6 Å². The van der Waals surface area contributed by atoms with Crippen LogP contribution in [0.15, 0.2) is 113 Å². The van der Waals surface area contributed by atoms with Crippen molar-refractivity contribution in [3.63, 3.8) is 0 Å². The highest BCUT2D eigenvalue weighted by Gasteiger charge is 2.53. The van der Waals surface area contributed by atoms with Gasteiger partial charge in [-0.1, -0.05) is 145 Å². The zero-order valence-corrected chi connectivity index (χ0v) is 31.2. The average Bonchev–Trinajstić information content (AvgIpc) is 3.21. The van der Waals surface area contributed by atoms with E-state index in [1.54, 1.807) is 16.4 Å². The molecular formula is C40H55NO3SSi. The number of benzene rings is 3. The molecule has 1 aliphatic heterocycles. The number of aryl methyl sites for hydroxylation is 1. The Morgan fingerprint density at radius 2 is 1.46 bits per heavy atom. The minimum atomic E-state index is -3.75. The molecule has 46 heavy (non-hydrogen) atoms. The SMILES string of the molecule is C=C(C)[C@@H]1CC(O[Si](c2ccccc2)(c2ccccc2)C(C)(C)C)=C([C@@H](C)CCCC(C)C)CN(S(=O)(=O)c2ccc(C)cc2)C1. The summed E-state index contributed by atoms with van der Waals surface area (Å²) in [7, 11) is -6.71. The molecule has 0 aliphatic carbocycles. The summed E-state index contributed by atoms with van der Waals surface area (Å²) < 4.78 is 38.1. The van der Waals surface area contributed by atoms with Gasteiger partial charge in [-0.2, -0.15) is 4.31 Å². The molecule has 0 spiro atoms. The standard InChI is InChI=1S/C40H55NO3SSi/c1-30(2)17-16-18-33(6)38-29-41(45(42,43)35-25-23-32(5)24-26-35)28-34(31(3)4)27-39(38)44-46(40(7,8)9,36-19-12-10-13-20-36)37-21-14-11-15-22-37/h10-15,19-26,30,33-34H,3,16-18,27-29H2,1-2,4-9H3/t33-,34+/m0/s1. The Hall–Kier alpha value is -2.93.